The Labute approximate surface area is 162 Å². The molecule has 1 aromatic carbocycles. The molecule has 2 aromatic heterocycles. The first-order valence-electron chi connectivity index (χ1n) is 9.33. The van der Waals surface area contributed by atoms with E-state index in [1.54, 1.807) is 10.9 Å². The first-order chi connectivity index (χ1) is 13.6. The Morgan fingerprint density at radius 2 is 2.04 bits per heavy atom. The van der Waals surface area contributed by atoms with Gasteiger partial charge in [0.2, 0.25) is 5.91 Å². The van der Waals surface area contributed by atoms with Gasteiger partial charge in [-0.05, 0) is 65.9 Å². The van der Waals surface area contributed by atoms with E-state index in [0.29, 0.717) is 18.7 Å². The summed E-state index contributed by atoms with van der Waals surface area (Å²) in [5.41, 5.74) is 2.58. The molecule has 1 amide bonds. The quantitative estimate of drug-likeness (QED) is 0.674. The van der Waals surface area contributed by atoms with Crippen LogP contribution in [0, 0.1) is 12.8 Å². The monoisotopic (exact) mass is 378 g/mol. The molecule has 0 aliphatic heterocycles. The van der Waals surface area contributed by atoms with Crippen molar-refractivity contribution in [1.82, 2.24) is 30.5 Å². The Balaban J connectivity index is 1.43. The molecule has 1 saturated carbocycles. The SMILES string of the molecule is Cc1nnnn1-c1ccc(CC(=O)NC(c2ccccn2)C2CC(O)C2)cc1. The minimum absolute atomic E-state index is 0.0663. The van der Waals surface area contributed by atoms with Crippen LogP contribution >= 0.6 is 0 Å². The van der Waals surface area contributed by atoms with Crippen molar-refractivity contribution in [3.63, 3.8) is 0 Å². The lowest BCUT2D eigenvalue weighted by Crippen LogP contribution is -2.42. The molecule has 1 fully saturated rings. The van der Waals surface area contributed by atoms with Crippen LogP contribution < -0.4 is 5.32 Å². The van der Waals surface area contributed by atoms with Crippen LogP contribution in [0.1, 0.15) is 36.0 Å². The van der Waals surface area contributed by atoms with E-state index >= 15 is 0 Å². The number of rotatable bonds is 6. The van der Waals surface area contributed by atoms with Gasteiger partial charge in [-0.1, -0.05) is 18.2 Å². The van der Waals surface area contributed by atoms with E-state index < -0.39 is 0 Å². The highest BCUT2D eigenvalue weighted by atomic mass is 16.3. The van der Waals surface area contributed by atoms with Gasteiger partial charge in [0.05, 0.1) is 29.9 Å². The molecule has 1 aliphatic rings. The largest absolute Gasteiger partial charge is 0.393 e. The van der Waals surface area contributed by atoms with Gasteiger partial charge in [-0.25, -0.2) is 0 Å². The zero-order valence-corrected chi connectivity index (χ0v) is 15.6. The predicted octanol–water partition coefficient (Wildman–Crippen LogP) is 1.54. The van der Waals surface area contributed by atoms with Crippen LogP contribution in [0.4, 0.5) is 0 Å². The van der Waals surface area contributed by atoms with E-state index in [1.807, 2.05) is 49.4 Å². The molecule has 8 nitrogen and oxygen atoms in total. The van der Waals surface area contributed by atoms with Crippen molar-refractivity contribution in [2.45, 2.75) is 38.3 Å². The van der Waals surface area contributed by atoms with Crippen LogP contribution in [0.15, 0.2) is 48.7 Å². The summed E-state index contributed by atoms with van der Waals surface area (Å²) >= 11 is 0. The molecule has 2 N–H and O–H groups in total. The zero-order valence-electron chi connectivity index (χ0n) is 15.6. The molecule has 4 rings (SSSR count). The first-order valence-corrected chi connectivity index (χ1v) is 9.33. The van der Waals surface area contributed by atoms with E-state index in [2.05, 4.69) is 25.8 Å². The Hall–Kier alpha value is -3.13. The second kappa shape index (κ2) is 7.85. The second-order valence-electron chi connectivity index (χ2n) is 7.17. The molecule has 28 heavy (non-hydrogen) atoms. The molecule has 0 spiro atoms. The van der Waals surface area contributed by atoms with Gasteiger partial charge >= 0.3 is 0 Å². The Morgan fingerprint density at radius 3 is 2.64 bits per heavy atom. The highest BCUT2D eigenvalue weighted by Gasteiger charge is 2.36. The van der Waals surface area contributed by atoms with Gasteiger partial charge in [-0.2, -0.15) is 4.68 Å². The molecule has 3 aromatic rings. The lowest BCUT2D eigenvalue weighted by Gasteiger charge is -2.37. The number of hydrogen-bond acceptors (Lipinski definition) is 6. The van der Waals surface area contributed by atoms with Crippen molar-refractivity contribution in [1.29, 1.82) is 0 Å². The maximum Gasteiger partial charge on any atom is 0.224 e. The van der Waals surface area contributed by atoms with Gasteiger partial charge in [0, 0.05) is 6.20 Å². The molecular weight excluding hydrogens is 356 g/mol. The summed E-state index contributed by atoms with van der Waals surface area (Å²) < 4.78 is 1.64. The number of aliphatic hydroxyl groups excluding tert-OH is 1. The van der Waals surface area contributed by atoms with E-state index in [9.17, 15) is 9.90 Å². The van der Waals surface area contributed by atoms with Gasteiger partial charge in [-0.15, -0.1) is 5.10 Å². The van der Waals surface area contributed by atoms with Crippen LogP contribution in [0.25, 0.3) is 5.69 Å². The summed E-state index contributed by atoms with van der Waals surface area (Å²) in [5.74, 6) is 0.841. The molecular formula is C20H22N6O2. The minimum atomic E-state index is -0.282. The number of pyridine rings is 1. The van der Waals surface area contributed by atoms with Crippen LogP contribution in [0.3, 0.4) is 0 Å². The number of aryl methyl sites for hydroxylation is 1. The van der Waals surface area contributed by atoms with E-state index in [1.165, 1.54) is 0 Å². The highest BCUT2D eigenvalue weighted by molar-refractivity contribution is 5.79. The maximum atomic E-state index is 12.7. The van der Waals surface area contributed by atoms with E-state index in [4.69, 9.17) is 0 Å². The van der Waals surface area contributed by atoms with Crippen molar-refractivity contribution in [3.05, 3.63) is 65.7 Å². The minimum Gasteiger partial charge on any atom is -0.393 e. The third-order valence-electron chi connectivity index (χ3n) is 5.11. The smallest absolute Gasteiger partial charge is 0.224 e. The molecule has 0 radical (unpaired) electrons. The fourth-order valence-corrected chi connectivity index (χ4v) is 3.53. The molecule has 0 saturated heterocycles. The van der Waals surface area contributed by atoms with E-state index in [0.717, 1.165) is 16.9 Å². The molecule has 1 atom stereocenters. The van der Waals surface area contributed by atoms with Crippen molar-refractivity contribution in [2.24, 2.45) is 5.92 Å². The Kier molecular flexibility index (Phi) is 5.12. The number of nitrogens with one attached hydrogen (secondary N) is 1. The molecule has 0 bridgehead atoms. The van der Waals surface area contributed by atoms with E-state index in [-0.39, 0.29) is 30.4 Å². The first kappa shape index (κ1) is 18.2. The summed E-state index contributed by atoms with van der Waals surface area (Å²) in [4.78, 5) is 17.0. The van der Waals surface area contributed by atoms with Crippen molar-refractivity contribution < 1.29 is 9.90 Å². The number of amides is 1. The fraction of sp³-hybridized carbons (Fsp3) is 0.350. The number of aromatic nitrogens is 5. The molecule has 1 aliphatic carbocycles. The number of benzene rings is 1. The topological polar surface area (TPSA) is 106 Å². The number of carbonyl (C=O) groups is 1. The highest BCUT2D eigenvalue weighted by Crippen LogP contribution is 2.37. The summed E-state index contributed by atoms with van der Waals surface area (Å²) in [6.07, 6.45) is 3.08. The van der Waals surface area contributed by atoms with Crippen molar-refractivity contribution in [3.8, 4) is 5.69 Å². The lowest BCUT2D eigenvalue weighted by molar-refractivity contribution is -0.122. The normalized spacial score (nSPS) is 19.6. The third kappa shape index (κ3) is 3.91. The van der Waals surface area contributed by atoms with Gasteiger partial charge in [-0.3, -0.25) is 9.78 Å². The van der Waals surface area contributed by atoms with Crippen LogP contribution in [-0.4, -0.2) is 42.3 Å². The lowest BCUT2D eigenvalue weighted by atomic mass is 9.76. The van der Waals surface area contributed by atoms with Gasteiger partial charge < -0.3 is 10.4 Å². The average Bonchev–Trinajstić information content (AvgIpc) is 3.11. The fourth-order valence-electron chi connectivity index (χ4n) is 3.53. The van der Waals surface area contributed by atoms with Gasteiger partial charge in [0.15, 0.2) is 5.82 Å². The summed E-state index contributed by atoms with van der Waals surface area (Å²) in [6.45, 7) is 1.83. The molecule has 8 heteroatoms. The van der Waals surface area contributed by atoms with Crippen molar-refractivity contribution >= 4 is 5.91 Å². The average molecular weight is 378 g/mol. The maximum absolute atomic E-state index is 12.7. The summed E-state index contributed by atoms with van der Waals surface area (Å²) in [7, 11) is 0. The molecule has 1 unspecified atom stereocenters. The number of tetrazole rings is 1. The summed E-state index contributed by atoms with van der Waals surface area (Å²) in [6, 6.07) is 13.1. The number of carbonyl (C=O) groups excluding carboxylic acids is 1. The second-order valence-corrected chi connectivity index (χ2v) is 7.17. The summed E-state index contributed by atoms with van der Waals surface area (Å²) in [5, 5.41) is 24.2. The van der Waals surface area contributed by atoms with Crippen LogP contribution in [0.5, 0.6) is 0 Å². The van der Waals surface area contributed by atoms with Crippen LogP contribution in [-0.2, 0) is 11.2 Å². The molecule has 2 heterocycles. The Bertz CT molecular complexity index is 935. The van der Waals surface area contributed by atoms with Gasteiger partial charge in [0.1, 0.15) is 0 Å². The number of hydrogen-bond donors (Lipinski definition) is 2. The predicted molar refractivity (Wildman–Crippen MR) is 101 cm³/mol. The molecule has 144 valence electrons. The Morgan fingerprint density at radius 1 is 1.25 bits per heavy atom. The number of aliphatic hydroxyl groups is 1. The third-order valence-corrected chi connectivity index (χ3v) is 5.11. The number of nitrogens with zero attached hydrogens (tertiary/aromatic N) is 5. The van der Waals surface area contributed by atoms with Crippen LogP contribution in [0.2, 0.25) is 0 Å². The van der Waals surface area contributed by atoms with Crippen molar-refractivity contribution in [2.75, 3.05) is 0 Å². The zero-order chi connectivity index (χ0) is 19.5. The van der Waals surface area contributed by atoms with Gasteiger partial charge in [0.25, 0.3) is 0 Å². The standard InChI is InChI=1S/C20H22N6O2/c1-13-23-24-25-26(13)16-7-5-14(6-8-16)10-19(28)22-20(15-11-17(27)12-15)18-4-2-3-9-21-18/h2-9,15,17,20,27H,10-12H2,1H3,(H,22,28).